The number of nitrogens with one attached hydrogen (secondary N) is 1. The molecule has 1 N–H and O–H groups in total. The van der Waals surface area contributed by atoms with Crippen molar-refractivity contribution in [2.24, 2.45) is 0 Å². The van der Waals surface area contributed by atoms with Gasteiger partial charge in [0, 0.05) is 15.6 Å². The highest BCUT2D eigenvalue weighted by Gasteiger charge is 2.13. The van der Waals surface area contributed by atoms with Gasteiger partial charge in [0.05, 0.1) is 4.11 Å². The fourth-order valence-electron chi connectivity index (χ4n) is 0.971. The minimum Gasteiger partial charge on any atom is -0.454 e. The minimum atomic E-state index is -3.15. The van der Waals surface area contributed by atoms with Gasteiger partial charge in [0.1, 0.15) is 2.74 Å². The molecule has 0 saturated heterocycles. The second kappa shape index (κ2) is 3.88. The highest BCUT2D eigenvalue weighted by atomic mass is 16.7. The molecule has 0 aromatic heterocycles. The first-order valence-electron chi connectivity index (χ1n) is 9.77. The standard InChI is InChI=1S/C11H15NO2/c1-8(12-2)5-9-3-4-10-11(6-9)14-7-13-10/h3-4,6,8,12H,5,7H2,1-2H3/i1D3,2D3,3D,4D,6D,7D2,8D. The smallest absolute Gasteiger partial charge is 0.231 e. The SMILES string of the molecule is [2H]c1c([2H])c2c(c([2H])c1CC([2H])(NC([2H])([2H])[2H])C([2H])([2H])[2H])OC([2H])([2H])O2. The van der Waals surface area contributed by atoms with Gasteiger partial charge in [-0.15, -0.1) is 0 Å². The number of fused-ring (bicyclic) bond motifs is 1. The van der Waals surface area contributed by atoms with E-state index in [-0.39, 0.29) is 0 Å². The highest BCUT2D eigenvalue weighted by molar-refractivity contribution is 5.44. The molecule has 3 heteroatoms. The highest BCUT2D eigenvalue weighted by Crippen LogP contribution is 2.32. The third-order valence-corrected chi connectivity index (χ3v) is 1.59. The average molecular weight is 205 g/mol. The average Bonchev–Trinajstić information content (AvgIpc) is 2.74. The topological polar surface area (TPSA) is 30.5 Å². The maximum atomic E-state index is 8.10. The van der Waals surface area contributed by atoms with Gasteiger partial charge in [-0.25, -0.2) is 0 Å². The van der Waals surface area contributed by atoms with E-state index in [4.69, 9.17) is 25.9 Å². The molecule has 1 atom stereocenters. The fourth-order valence-corrected chi connectivity index (χ4v) is 0.971. The van der Waals surface area contributed by atoms with Crippen LogP contribution in [-0.4, -0.2) is 19.7 Å². The zero-order valence-electron chi connectivity index (χ0n) is 19.0. The Morgan fingerprint density at radius 2 is 2.64 bits per heavy atom. The lowest BCUT2D eigenvalue weighted by Crippen LogP contribution is -2.23. The van der Waals surface area contributed by atoms with Crippen LogP contribution in [0, 0.1) is 0 Å². The van der Waals surface area contributed by atoms with E-state index in [2.05, 4.69) is 0 Å². The van der Waals surface area contributed by atoms with Crippen LogP contribution in [0.25, 0.3) is 0 Å². The summed E-state index contributed by atoms with van der Waals surface area (Å²) in [5.41, 5.74) is -0.446. The van der Waals surface area contributed by atoms with E-state index in [1.54, 1.807) is 5.32 Å². The van der Waals surface area contributed by atoms with Gasteiger partial charge in [0.25, 0.3) is 0 Å². The van der Waals surface area contributed by atoms with Crippen LogP contribution < -0.4 is 14.8 Å². The summed E-state index contributed by atoms with van der Waals surface area (Å²) in [6, 6.07) is -4.77. The predicted molar refractivity (Wildman–Crippen MR) is 54.8 cm³/mol. The molecule has 0 aliphatic carbocycles. The van der Waals surface area contributed by atoms with Gasteiger partial charge in [0.2, 0.25) is 6.75 Å². The van der Waals surface area contributed by atoms with Crippen molar-refractivity contribution in [3.63, 3.8) is 0 Å². The van der Waals surface area contributed by atoms with Gasteiger partial charge in [-0.05, 0) is 37.9 Å². The predicted octanol–water partition coefficient (Wildman–Crippen LogP) is 1.57. The lowest BCUT2D eigenvalue weighted by molar-refractivity contribution is 0.174. The molecule has 76 valence electrons. The number of benzene rings is 1. The molecule has 1 aromatic carbocycles. The van der Waals surface area contributed by atoms with E-state index < -0.39 is 68.2 Å². The zero-order chi connectivity index (χ0) is 20.3. The second-order valence-electron chi connectivity index (χ2n) is 2.58. The molecular formula is C11H15NO2. The third-order valence-electron chi connectivity index (χ3n) is 1.59. The molecular weight excluding hydrogens is 178 g/mol. The Labute approximate surface area is 101 Å². The van der Waals surface area contributed by atoms with Gasteiger partial charge < -0.3 is 14.8 Å². The van der Waals surface area contributed by atoms with Crippen LogP contribution in [0.2, 0.25) is 0 Å². The van der Waals surface area contributed by atoms with Gasteiger partial charge in [0.15, 0.2) is 11.5 Å². The van der Waals surface area contributed by atoms with Crippen LogP contribution in [0.5, 0.6) is 11.5 Å². The summed E-state index contributed by atoms with van der Waals surface area (Å²) in [5, 5.41) is 1.71. The molecule has 1 unspecified atom stereocenters. The van der Waals surface area contributed by atoms with E-state index in [9.17, 15) is 0 Å². The quantitative estimate of drug-likeness (QED) is 0.812. The zero-order valence-corrected chi connectivity index (χ0v) is 7.02. The van der Waals surface area contributed by atoms with Crippen molar-refractivity contribution in [3.8, 4) is 11.5 Å². The van der Waals surface area contributed by atoms with E-state index in [1.807, 2.05) is 0 Å². The van der Waals surface area contributed by atoms with Gasteiger partial charge in [-0.1, -0.05) is 6.04 Å². The molecule has 1 aromatic rings. The Morgan fingerprint density at radius 1 is 1.71 bits per heavy atom. The lowest BCUT2D eigenvalue weighted by atomic mass is 10.1. The molecule has 0 saturated carbocycles. The van der Waals surface area contributed by atoms with Crippen molar-refractivity contribution in [2.75, 3.05) is 13.7 Å². The molecule has 14 heavy (non-hydrogen) atoms. The molecule has 1 heterocycles. The summed E-state index contributed by atoms with van der Waals surface area (Å²) < 4.78 is 100. The van der Waals surface area contributed by atoms with Crippen molar-refractivity contribution in [3.05, 3.63) is 23.7 Å². The first kappa shape index (κ1) is 2.67. The number of ether oxygens (including phenoxy) is 2. The van der Waals surface area contributed by atoms with Gasteiger partial charge >= 0.3 is 0 Å². The number of hydrogen-bond acceptors (Lipinski definition) is 3. The lowest BCUT2D eigenvalue weighted by Gasteiger charge is -2.09. The van der Waals surface area contributed by atoms with Crippen molar-refractivity contribution in [1.82, 2.24) is 5.32 Å². The van der Waals surface area contributed by atoms with Crippen LogP contribution in [-0.2, 0) is 6.42 Å². The number of hydrogen-bond donors (Lipinski definition) is 1. The molecule has 0 amide bonds. The monoisotopic (exact) mass is 205 g/mol. The summed E-state index contributed by atoms with van der Waals surface area (Å²) in [5.74, 6) is -0.991. The summed E-state index contributed by atoms with van der Waals surface area (Å²) in [6.07, 6.45) is -0.926. The molecule has 1 aliphatic rings. The molecule has 1 aliphatic heterocycles. The van der Waals surface area contributed by atoms with E-state index in [1.165, 1.54) is 0 Å². The first-order valence-corrected chi connectivity index (χ1v) is 3.77. The number of rotatable bonds is 3. The first-order chi connectivity index (χ1) is 11.5. The maximum Gasteiger partial charge on any atom is 0.231 e. The van der Waals surface area contributed by atoms with Gasteiger partial charge in [-0.3, -0.25) is 0 Å². The summed E-state index contributed by atoms with van der Waals surface area (Å²) in [4.78, 5) is 0. The van der Waals surface area contributed by atoms with Gasteiger partial charge in [-0.2, -0.15) is 0 Å². The number of likely N-dealkylation sites (N-methyl/N-ethyl adjacent to an activating group) is 1. The van der Waals surface area contributed by atoms with Crippen LogP contribution in [0.1, 0.15) is 28.9 Å². The summed E-state index contributed by atoms with van der Waals surface area (Å²) in [7, 11) is 0. The Bertz CT molecular complexity index is 728. The summed E-state index contributed by atoms with van der Waals surface area (Å²) >= 11 is 0. The van der Waals surface area contributed by atoms with Crippen LogP contribution in [0.15, 0.2) is 18.1 Å². The molecule has 2 rings (SSSR count). The second-order valence-corrected chi connectivity index (χ2v) is 2.58. The molecule has 0 radical (unpaired) electrons. The van der Waals surface area contributed by atoms with Crippen molar-refractivity contribution in [2.45, 2.75) is 19.3 Å². The normalized spacial score (nSPS) is 35.7. The van der Waals surface area contributed by atoms with Crippen molar-refractivity contribution < 1.29 is 25.9 Å². The van der Waals surface area contributed by atoms with E-state index in [0.29, 0.717) is 0 Å². The van der Waals surface area contributed by atoms with Crippen LogP contribution in [0.3, 0.4) is 0 Å². The molecule has 0 spiro atoms. The van der Waals surface area contributed by atoms with E-state index >= 15 is 0 Å². The Morgan fingerprint density at radius 3 is 3.50 bits per heavy atom. The van der Waals surface area contributed by atoms with Crippen molar-refractivity contribution >= 4 is 0 Å². The summed E-state index contributed by atoms with van der Waals surface area (Å²) in [6.45, 7) is -8.80. The fraction of sp³-hybridized carbons (Fsp3) is 0.455. The van der Waals surface area contributed by atoms with Crippen molar-refractivity contribution in [1.29, 1.82) is 0 Å². The maximum absolute atomic E-state index is 8.10. The van der Waals surface area contributed by atoms with E-state index in [0.717, 1.165) is 0 Å². The minimum absolute atomic E-state index is 0.446. The molecule has 3 nitrogen and oxygen atoms in total. The van der Waals surface area contributed by atoms with Crippen LogP contribution in [0.4, 0.5) is 0 Å². The largest absolute Gasteiger partial charge is 0.454 e. The third kappa shape index (κ3) is 1.82. The Balaban J connectivity index is 2.57. The molecule has 0 fully saturated rings. The van der Waals surface area contributed by atoms with Crippen LogP contribution >= 0.6 is 0 Å². The Kier molecular flexibility index (Phi) is 0.740. The Hall–Kier alpha value is -1.22. The molecule has 0 bridgehead atoms.